The predicted octanol–water partition coefficient (Wildman–Crippen LogP) is 5.99. The summed E-state index contributed by atoms with van der Waals surface area (Å²) in [4.78, 5) is 48.4. The van der Waals surface area contributed by atoms with E-state index in [1.54, 1.807) is 41.3 Å². The SMILES string of the molecule is Cc1cccc(C2C(C(=O)c3cccc(Cl)c3)C(c3cccs3)C(C(=O)N3CCNCC3)N2C(=O)c2ccccc2)c1. The lowest BCUT2D eigenvalue weighted by Crippen LogP contribution is -2.54. The van der Waals surface area contributed by atoms with Crippen LogP contribution in [0, 0.1) is 12.8 Å². The molecule has 3 heterocycles. The average molecular weight is 598 g/mol. The van der Waals surface area contributed by atoms with E-state index in [0.29, 0.717) is 42.3 Å². The minimum absolute atomic E-state index is 0.127. The average Bonchev–Trinajstić information content (AvgIpc) is 3.67. The molecule has 0 saturated carbocycles. The molecule has 3 aromatic carbocycles. The molecule has 2 aliphatic rings. The second-order valence-electron chi connectivity index (χ2n) is 10.9. The molecular weight excluding hydrogens is 566 g/mol. The topological polar surface area (TPSA) is 69.7 Å². The molecule has 0 spiro atoms. The van der Waals surface area contributed by atoms with Crippen LogP contribution in [0.1, 0.15) is 48.7 Å². The van der Waals surface area contributed by atoms with Gasteiger partial charge in [-0.3, -0.25) is 14.4 Å². The van der Waals surface area contributed by atoms with Gasteiger partial charge in [0.15, 0.2) is 5.78 Å². The van der Waals surface area contributed by atoms with E-state index >= 15 is 0 Å². The van der Waals surface area contributed by atoms with Crippen LogP contribution in [-0.4, -0.2) is 59.6 Å². The van der Waals surface area contributed by atoms with Gasteiger partial charge >= 0.3 is 0 Å². The van der Waals surface area contributed by atoms with E-state index in [2.05, 4.69) is 5.32 Å². The van der Waals surface area contributed by atoms with Crippen molar-refractivity contribution in [2.45, 2.75) is 24.9 Å². The predicted molar refractivity (Wildman–Crippen MR) is 166 cm³/mol. The fraction of sp³-hybridized carbons (Fsp3) is 0.265. The van der Waals surface area contributed by atoms with Crippen molar-refractivity contribution in [2.75, 3.05) is 26.2 Å². The molecule has 6 nitrogen and oxygen atoms in total. The molecule has 4 atom stereocenters. The Morgan fingerprint density at radius 1 is 0.857 bits per heavy atom. The quantitative estimate of drug-likeness (QED) is 0.277. The monoisotopic (exact) mass is 597 g/mol. The first-order valence-corrected chi connectivity index (χ1v) is 15.5. The van der Waals surface area contributed by atoms with E-state index in [9.17, 15) is 14.4 Å². The first-order valence-electron chi connectivity index (χ1n) is 14.2. The molecule has 6 rings (SSSR count). The first kappa shape index (κ1) is 28.3. The van der Waals surface area contributed by atoms with Gasteiger partial charge in [0.05, 0.1) is 12.0 Å². The standard InChI is InChI=1S/C34H32ClN3O3S/c1-22-8-5-11-24(20-22)30-29(32(39)25-12-6-13-26(35)21-25)28(27-14-7-19-42-27)31(34(41)37-17-15-36-16-18-37)38(30)33(40)23-9-3-2-4-10-23/h2-14,19-21,28-31,36H,15-18H2,1H3. The van der Waals surface area contributed by atoms with Gasteiger partial charge in [-0.05, 0) is 48.2 Å². The minimum atomic E-state index is -0.867. The number of carbonyl (C=O) groups is 3. The maximum absolute atomic E-state index is 14.7. The van der Waals surface area contributed by atoms with Crippen molar-refractivity contribution >= 4 is 40.5 Å². The van der Waals surface area contributed by atoms with Crippen molar-refractivity contribution in [2.24, 2.45) is 5.92 Å². The van der Waals surface area contributed by atoms with Crippen LogP contribution in [0.25, 0.3) is 0 Å². The number of amides is 2. The highest BCUT2D eigenvalue weighted by Gasteiger charge is 2.58. The molecule has 2 amide bonds. The van der Waals surface area contributed by atoms with E-state index in [-0.39, 0.29) is 17.6 Å². The van der Waals surface area contributed by atoms with Gasteiger partial charge in [-0.1, -0.05) is 77.8 Å². The lowest BCUT2D eigenvalue weighted by atomic mass is 9.78. The Kier molecular flexibility index (Phi) is 8.24. The molecule has 1 aromatic heterocycles. The van der Waals surface area contributed by atoms with E-state index in [1.165, 1.54) is 11.3 Å². The van der Waals surface area contributed by atoms with Crippen molar-refractivity contribution < 1.29 is 14.4 Å². The summed E-state index contributed by atoms with van der Waals surface area (Å²) in [5.41, 5.74) is 2.79. The Labute approximate surface area is 254 Å². The number of nitrogens with zero attached hydrogens (tertiary/aromatic N) is 2. The largest absolute Gasteiger partial charge is 0.338 e. The lowest BCUT2D eigenvalue weighted by Gasteiger charge is -2.36. The number of carbonyl (C=O) groups excluding carboxylic acids is 3. The number of piperazine rings is 1. The fourth-order valence-corrected chi connectivity index (χ4v) is 7.51. The van der Waals surface area contributed by atoms with E-state index in [0.717, 1.165) is 16.0 Å². The molecule has 8 heteroatoms. The lowest BCUT2D eigenvalue weighted by molar-refractivity contribution is -0.136. The molecule has 0 radical (unpaired) electrons. The molecule has 2 aliphatic heterocycles. The van der Waals surface area contributed by atoms with Crippen molar-refractivity contribution in [1.29, 1.82) is 0 Å². The number of likely N-dealkylation sites (tertiary alicyclic amines) is 1. The van der Waals surface area contributed by atoms with Gasteiger partial charge in [0.1, 0.15) is 6.04 Å². The van der Waals surface area contributed by atoms with Crippen LogP contribution in [0.3, 0.4) is 0 Å². The number of thiophene rings is 1. The molecule has 4 aromatic rings. The fourth-order valence-electron chi connectivity index (χ4n) is 6.42. The van der Waals surface area contributed by atoms with Gasteiger partial charge in [0, 0.05) is 53.1 Å². The summed E-state index contributed by atoms with van der Waals surface area (Å²) in [6, 6.07) is 26.3. The number of ketones is 1. The zero-order valence-corrected chi connectivity index (χ0v) is 24.9. The van der Waals surface area contributed by atoms with Gasteiger partial charge < -0.3 is 15.1 Å². The van der Waals surface area contributed by atoms with Gasteiger partial charge in [0.25, 0.3) is 5.91 Å². The Hall–Kier alpha value is -3.78. The molecule has 2 saturated heterocycles. The van der Waals surface area contributed by atoms with Crippen molar-refractivity contribution in [1.82, 2.24) is 15.1 Å². The number of halogens is 1. The van der Waals surface area contributed by atoms with Gasteiger partial charge in [-0.25, -0.2) is 0 Å². The van der Waals surface area contributed by atoms with E-state index < -0.39 is 23.9 Å². The van der Waals surface area contributed by atoms with Gasteiger partial charge in [-0.2, -0.15) is 0 Å². The molecular formula is C34H32ClN3O3S. The number of Topliss-reactive ketones (excluding diaryl/α,β-unsaturated/α-hetero) is 1. The second kappa shape index (κ2) is 12.2. The van der Waals surface area contributed by atoms with E-state index in [1.807, 2.05) is 71.8 Å². The zero-order valence-electron chi connectivity index (χ0n) is 23.3. The van der Waals surface area contributed by atoms with Crippen LogP contribution in [-0.2, 0) is 4.79 Å². The van der Waals surface area contributed by atoms with Crippen LogP contribution >= 0.6 is 22.9 Å². The minimum Gasteiger partial charge on any atom is -0.338 e. The summed E-state index contributed by atoms with van der Waals surface area (Å²) >= 11 is 7.88. The second-order valence-corrected chi connectivity index (χ2v) is 12.3. The Morgan fingerprint density at radius 3 is 2.29 bits per heavy atom. The molecule has 1 N–H and O–H groups in total. The highest BCUT2D eigenvalue weighted by molar-refractivity contribution is 7.10. The van der Waals surface area contributed by atoms with Crippen LogP contribution < -0.4 is 5.32 Å². The number of aryl methyl sites for hydroxylation is 1. The number of benzene rings is 3. The van der Waals surface area contributed by atoms with Gasteiger partial charge in [-0.15, -0.1) is 11.3 Å². The van der Waals surface area contributed by atoms with E-state index in [4.69, 9.17) is 11.6 Å². The van der Waals surface area contributed by atoms with Crippen LogP contribution in [0.4, 0.5) is 0 Å². The summed E-state index contributed by atoms with van der Waals surface area (Å²) in [6.45, 7) is 4.45. The van der Waals surface area contributed by atoms with Crippen LogP contribution in [0.15, 0.2) is 96.4 Å². The maximum atomic E-state index is 14.7. The Balaban J connectivity index is 1.60. The van der Waals surface area contributed by atoms with Crippen LogP contribution in [0.5, 0.6) is 0 Å². The number of hydrogen-bond donors (Lipinski definition) is 1. The molecule has 2 fully saturated rings. The summed E-state index contributed by atoms with van der Waals surface area (Å²) in [5.74, 6) is -1.79. The summed E-state index contributed by atoms with van der Waals surface area (Å²) < 4.78 is 0. The third-order valence-corrected chi connectivity index (χ3v) is 9.48. The first-order chi connectivity index (χ1) is 20.4. The third kappa shape index (κ3) is 5.40. The molecule has 0 bridgehead atoms. The normalized spacial score (nSPS) is 22.2. The Bertz CT molecular complexity index is 1590. The molecule has 42 heavy (non-hydrogen) atoms. The van der Waals surface area contributed by atoms with Gasteiger partial charge in [0.2, 0.25) is 5.91 Å². The maximum Gasteiger partial charge on any atom is 0.255 e. The summed E-state index contributed by atoms with van der Waals surface area (Å²) in [6.07, 6.45) is 0. The highest BCUT2D eigenvalue weighted by Crippen LogP contribution is 2.53. The number of rotatable bonds is 6. The number of nitrogens with one attached hydrogen (secondary N) is 1. The smallest absolute Gasteiger partial charge is 0.255 e. The molecule has 4 unspecified atom stereocenters. The van der Waals surface area contributed by atoms with Crippen molar-refractivity contribution in [3.05, 3.63) is 129 Å². The molecule has 214 valence electrons. The molecule has 0 aliphatic carbocycles. The number of hydrogen-bond acceptors (Lipinski definition) is 5. The van der Waals surface area contributed by atoms with Crippen molar-refractivity contribution in [3.8, 4) is 0 Å². The van der Waals surface area contributed by atoms with Crippen LogP contribution in [0.2, 0.25) is 5.02 Å². The summed E-state index contributed by atoms with van der Waals surface area (Å²) in [7, 11) is 0. The zero-order chi connectivity index (χ0) is 29.2. The summed E-state index contributed by atoms with van der Waals surface area (Å²) in [5, 5.41) is 5.74. The van der Waals surface area contributed by atoms with Crippen molar-refractivity contribution in [3.63, 3.8) is 0 Å². The highest BCUT2D eigenvalue weighted by atomic mass is 35.5. The third-order valence-electron chi connectivity index (χ3n) is 8.27. The Morgan fingerprint density at radius 2 is 1.60 bits per heavy atom.